The first-order valence-corrected chi connectivity index (χ1v) is 8.81. The van der Waals surface area contributed by atoms with Gasteiger partial charge in [0.25, 0.3) is 0 Å². The molecule has 1 amide bonds. The Labute approximate surface area is 163 Å². The van der Waals surface area contributed by atoms with E-state index in [9.17, 15) is 14.4 Å². The molecule has 2 aromatic rings. The number of carbonyl (C=O) groups excluding carboxylic acids is 2. The highest BCUT2D eigenvalue weighted by Crippen LogP contribution is 2.22. The molecule has 0 aliphatic rings. The van der Waals surface area contributed by atoms with Crippen LogP contribution in [0.5, 0.6) is 11.5 Å². The molecule has 0 bridgehead atoms. The third-order valence-electron chi connectivity index (χ3n) is 4.05. The minimum atomic E-state index is -1.06. The number of carbonyl (C=O) groups is 3. The summed E-state index contributed by atoms with van der Waals surface area (Å²) in [5.41, 5.74) is 1.97. The van der Waals surface area contributed by atoms with Crippen LogP contribution < -0.4 is 14.8 Å². The van der Waals surface area contributed by atoms with Crippen molar-refractivity contribution in [3.8, 4) is 11.5 Å². The number of aryl methyl sites for hydroxylation is 1. The number of ketones is 1. The van der Waals surface area contributed by atoms with Gasteiger partial charge in [-0.05, 0) is 61.4 Å². The third kappa shape index (κ3) is 6.42. The van der Waals surface area contributed by atoms with Gasteiger partial charge in [-0.3, -0.25) is 9.59 Å². The second-order valence-corrected chi connectivity index (χ2v) is 6.21. The summed E-state index contributed by atoms with van der Waals surface area (Å²) in [4.78, 5) is 34.8. The Kier molecular flexibility index (Phi) is 7.56. The maximum Gasteiger partial charge on any atom is 0.341 e. The van der Waals surface area contributed by atoms with E-state index in [2.05, 4.69) is 5.32 Å². The number of aliphatic carboxylic acids is 1. The Morgan fingerprint density at radius 2 is 1.68 bits per heavy atom. The van der Waals surface area contributed by atoms with Crippen LogP contribution in [0.3, 0.4) is 0 Å². The molecule has 0 saturated carbocycles. The molecule has 0 heterocycles. The van der Waals surface area contributed by atoms with Crippen LogP contribution in [0.15, 0.2) is 42.5 Å². The zero-order valence-electron chi connectivity index (χ0n) is 15.9. The van der Waals surface area contributed by atoms with Crippen molar-refractivity contribution in [1.82, 2.24) is 0 Å². The molecule has 0 radical (unpaired) electrons. The van der Waals surface area contributed by atoms with Gasteiger partial charge in [-0.2, -0.15) is 0 Å². The van der Waals surface area contributed by atoms with Gasteiger partial charge in [0, 0.05) is 24.1 Å². The van der Waals surface area contributed by atoms with Crippen molar-refractivity contribution in [2.75, 3.05) is 19.0 Å². The molecule has 0 saturated heterocycles. The van der Waals surface area contributed by atoms with Crippen LogP contribution in [0, 0.1) is 6.92 Å². The van der Waals surface area contributed by atoms with Crippen molar-refractivity contribution in [2.45, 2.75) is 26.2 Å². The van der Waals surface area contributed by atoms with Gasteiger partial charge in [-0.25, -0.2) is 4.79 Å². The van der Waals surface area contributed by atoms with Crippen LogP contribution in [0.1, 0.15) is 35.2 Å². The molecular formula is C21H23NO6. The minimum absolute atomic E-state index is 0.0217. The van der Waals surface area contributed by atoms with E-state index in [1.807, 2.05) is 0 Å². The molecule has 0 aromatic heterocycles. The lowest BCUT2D eigenvalue weighted by atomic mass is 10.1. The number of anilines is 1. The van der Waals surface area contributed by atoms with Crippen LogP contribution in [-0.4, -0.2) is 36.5 Å². The van der Waals surface area contributed by atoms with Crippen LogP contribution >= 0.6 is 0 Å². The number of carboxylic acid groups (broad SMARTS) is 1. The maximum absolute atomic E-state index is 12.2. The Hall–Kier alpha value is -3.35. The lowest BCUT2D eigenvalue weighted by Gasteiger charge is -2.10. The third-order valence-corrected chi connectivity index (χ3v) is 4.05. The molecule has 2 aromatic carbocycles. The highest BCUT2D eigenvalue weighted by molar-refractivity contribution is 5.97. The number of methoxy groups -OCH3 is 1. The molecule has 0 aliphatic carbocycles. The molecule has 0 atom stereocenters. The van der Waals surface area contributed by atoms with Gasteiger partial charge in [0.1, 0.15) is 11.5 Å². The van der Waals surface area contributed by atoms with Crippen molar-refractivity contribution in [3.63, 3.8) is 0 Å². The molecular weight excluding hydrogens is 362 g/mol. The van der Waals surface area contributed by atoms with E-state index in [4.69, 9.17) is 14.6 Å². The average molecular weight is 385 g/mol. The summed E-state index contributed by atoms with van der Waals surface area (Å²) in [5, 5.41) is 11.4. The highest BCUT2D eigenvalue weighted by Gasteiger charge is 2.10. The Balaban J connectivity index is 1.80. The van der Waals surface area contributed by atoms with E-state index in [1.165, 1.54) is 0 Å². The van der Waals surface area contributed by atoms with Crippen molar-refractivity contribution in [2.24, 2.45) is 0 Å². The zero-order chi connectivity index (χ0) is 20.5. The van der Waals surface area contributed by atoms with Gasteiger partial charge in [0.15, 0.2) is 12.4 Å². The maximum atomic E-state index is 12.2. The van der Waals surface area contributed by atoms with Gasteiger partial charge in [-0.1, -0.05) is 0 Å². The van der Waals surface area contributed by atoms with Gasteiger partial charge in [0.05, 0.1) is 7.11 Å². The van der Waals surface area contributed by atoms with Gasteiger partial charge in [-0.15, -0.1) is 0 Å². The summed E-state index contributed by atoms with van der Waals surface area (Å²) in [6.07, 6.45) is 0.939. The molecule has 7 heteroatoms. The highest BCUT2D eigenvalue weighted by atomic mass is 16.5. The first-order valence-electron chi connectivity index (χ1n) is 8.81. The zero-order valence-corrected chi connectivity index (χ0v) is 15.9. The number of hydrogen-bond acceptors (Lipinski definition) is 5. The SMILES string of the molecule is COc1ccc(C(=O)CCCC(=O)Nc2ccc(OCC(=O)O)cc2C)cc1. The summed E-state index contributed by atoms with van der Waals surface area (Å²) in [6, 6.07) is 11.8. The van der Waals surface area contributed by atoms with Crippen LogP contribution in [-0.2, 0) is 9.59 Å². The van der Waals surface area contributed by atoms with Crippen molar-refractivity contribution in [3.05, 3.63) is 53.6 Å². The molecule has 0 aliphatic heterocycles. The molecule has 28 heavy (non-hydrogen) atoms. The number of nitrogens with one attached hydrogen (secondary N) is 1. The van der Waals surface area contributed by atoms with E-state index in [-0.39, 0.29) is 24.5 Å². The predicted octanol–water partition coefficient (Wildman–Crippen LogP) is 3.46. The van der Waals surface area contributed by atoms with Crippen molar-refractivity contribution >= 4 is 23.3 Å². The predicted molar refractivity (Wildman–Crippen MR) is 104 cm³/mol. The largest absolute Gasteiger partial charge is 0.497 e. The lowest BCUT2D eigenvalue weighted by molar-refractivity contribution is -0.139. The van der Waals surface area contributed by atoms with Crippen LogP contribution in [0.25, 0.3) is 0 Å². The number of rotatable bonds is 10. The van der Waals surface area contributed by atoms with Gasteiger partial charge in [0.2, 0.25) is 5.91 Å². The summed E-state index contributed by atoms with van der Waals surface area (Å²) in [6.45, 7) is 1.36. The summed E-state index contributed by atoms with van der Waals surface area (Å²) in [7, 11) is 1.56. The summed E-state index contributed by atoms with van der Waals surface area (Å²) < 4.78 is 10.2. The number of carboxylic acids is 1. The summed E-state index contributed by atoms with van der Waals surface area (Å²) in [5.74, 6) is -0.163. The van der Waals surface area contributed by atoms with E-state index in [0.717, 1.165) is 5.56 Å². The number of Topliss-reactive ketones (excluding diaryl/α,β-unsaturated/α-hetero) is 1. The number of benzene rings is 2. The van der Waals surface area contributed by atoms with E-state index < -0.39 is 12.6 Å². The first-order chi connectivity index (χ1) is 13.4. The smallest absolute Gasteiger partial charge is 0.341 e. The molecule has 2 N–H and O–H groups in total. The Morgan fingerprint density at radius 3 is 2.29 bits per heavy atom. The van der Waals surface area contributed by atoms with Crippen molar-refractivity contribution < 1.29 is 29.0 Å². The number of amides is 1. The quantitative estimate of drug-likeness (QED) is 0.607. The van der Waals surface area contributed by atoms with E-state index in [1.54, 1.807) is 56.5 Å². The summed E-state index contributed by atoms with van der Waals surface area (Å²) >= 11 is 0. The lowest BCUT2D eigenvalue weighted by Crippen LogP contribution is -2.13. The minimum Gasteiger partial charge on any atom is -0.497 e. The molecule has 2 rings (SSSR count). The molecule has 0 fully saturated rings. The van der Waals surface area contributed by atoms with Crippen LogP contribution in [0.4, 0.5) is 5.69 Å². The van der Waals surface area contributed by atoms with Gasteiger partial charge >= 0.3 is 5.97 Å². The van der Waals surface area contributed by atoms with E-state index in [0.29, 0.717) is 29.2 Å². The monoisotopic (exact) mass is 385 g/mol. The molecule has 0 spiro atoms. The van der Waals surface area contributed by atoms with Crippen molar-refractivity contribution in [1.29, 1.82) is 0 Å². The van der Waals surface area contributed by atoms with E-state index >= 15 is 0 Å². The fourth-order valence-corrected chi connectivity index (χ4v) is 2.55. The van der Waals surface area contributed by atoms with Gasteiger partial charge < -0.3 is 19.9 Å². The first kappa shape index (κ1) is 21.0. The molecule has 7 nitrogen and oxygen atoms in total. The fourth-order valence-electron chi connectivity index (χ4n) is 2.55. The number of ether oxygens (including phenoxy) is 2. The normalized spacial score (nSPS) is 10.2. The Morgan fingerprint density at radius 1 is 1.00 bits per heavy atom. The van der Waals surface area contributed by atoms with Crippen LogP contribution in [0.2, 0.25) is 0 Å². The number of hydrogen-bond donors (Lipinski definition) is 2. The average Bonchev–Trinajstić information content (AvgIpc) is 2.68. The fraction of sp³-hybridized carbons (Fsp3) is 0.286. The standard InChI is InChI=1S/C21H23NO6/c1-14-12-17(28-13-21(25)26)10-11-18(14)22-20(24)5-3-4-19(23)15-6-8-16(27-2)9-7-15/h6-12H,3-5,13H2,1-2H3,(H,22,24)(H,25,26). The molecule has 148 valence electrons. The molecule has 0 unspecified atom stereocenters. The topological polar surface area (TPSA) is 102 Å². The Bertz CT molecular complexity index is 844. The second kappa shape index (κ2) is 10.1. The second-order valence-electron chi connectivity index (χ2n) is 6.21.